The Bertz CT molecular complexity index is 472. The summed E-state index contributed by atoms with van der Waals surface area (Å²) in [6, 6.07) is 1.86. The molecule has 0 amide bonds. The fourth-order valence-electron chi connectivity index (χ4n) is 2.24. The number of nitrogens with zero attached hydrogens (tertiary/aromatic N) is 2. The quantitative estimate of drug-likeness (QED) is 0.686. The predicted molar refractivity (Wildman–Crippen MR) is 68.8 cm³/mol. The van der Waals surface area contributed by atoms with E-state index in [0.717, 1.165) is 11.3 Å². The predicted octanol–water partition coefficient (Wildman–Crippen LogP) is 2.56. The monoisotopic (exact) mass is 309 g/mol. The Morgan fingerprint density at radius 1 is 1.40 bits per heavy atom. The number of thiophene rings is 1. The molecule has 1 aromatic rings. The molecule has 1 aromatic heterocycles. The van der Waals surface area contributed by atoms with Crippen molar-refractivity contribution in [1.29, 1.82) is 0 Å². The summed E-state index contributed by atoms with van der Waals surface area (Å²) in [4.78, 5) is 12.2. The van der Waals surface area contributed by atoms with E-state index in [1.54, 1.807) is 4.90 Å². The van der Waals surface area contributed by atoms with E-state index in [2.05, 4.69) is 5.32 Å². The summed E-state index contributed by atoms with van der Waals surface area (Å²) in [6.07, 6.45) is -5.28. The van der Waals surface area contributed by atoms with Gasteiger partial charge < -0.3 is 5.32 Å². The van der Waals surface area contributed by atoms with Gasteiger partial charge in [-0.1, -0.05) is 11.3 Å². The van der Waals surface area contributed by atoms with Gasteiger partial charge in [0.1, 0.15) is 0 Å². The molecule has 0 aliphatic carbocycles. The molecule has 112 valence electrons. The fourth-order valence-corrected chi connectivity index (χ4v) is 3.20. The third kappa shape index (κ3) is 3.90. The molecular weight excluding hydrogens is 295 g/mol. The van der Waals surface area contributed by atoms with Gasteiger partial charge in [0.05, 0.1) is 17.4 Å². The number of nitro groups is 1. The Labute approximate surface area is 117 Å². The molecule has 20 heavy (non-hydrogen) atoms. The number of alkyl halides is 3. The zero-order chi connectivity index (χ0) is 14.8. The van der Waals surface area contributed by atoms with Gasteiger partial charge >= 0.3 is 11.2 Å². The molecule has 1 aliphatic heterocycles. The van der Waals surface area contributed by atoms with Gasteiger partial charge in [0, 0.05) is 37.1 Å². The van der Waals surface area contributed by atoms with Gasteiger partial charge in [0.2, 0.25) is 0 Å². The minimum atomic E-state index is -4.30. The van der Waals surface area contributed by atoms with Crippen LogP contribution in [0.1, 0.15) is 17.3 Å². The Morgan fingerprint density at radius 3 is 2.55 bits per heavy atom. The molecule has 0 aromatic carbocycles. The number of halogens is 3. The van der Waals surface area contributed by atoms with E-state index >= 15 is 0 Å². The van der Waals surface area contributed by atoms with E-state index in [4.69, 9.17) is 0 Å². The lowest BCUT2D eigenvalue weighted by Gasteiger charge is -2.34. The van der Waals surface area contributed by atoms with Crippen molar-refractivity contribution >= 4 is 16.3 Å². The van der Waals surface area contributed by atoms with Crippen molar-refractivity contribution in [2.45, 2.75) is 18.6 Å². The lowest BCUT2D eigenvalue weighted by Crippen LogP contribution is -2.45. The third-order valence-electron chi connectivity index (χ3n) is 3.14. The van der Waals surface area contributed by atoms with Gasteiger partial charge in [-0.25, -0.2) is 0 Å². The van der Waals surface area contributed by atoms with Crippen LogP contribution in [-0.4, -0.2) is 42.2 Å². The molecule has 1 N–H and O–H groups in total. The van der Waals surface area contributed by atoms with E-state index in [0.29, 0.717) is 31.1 Å². The van der Waals surface area contributed by atoms with Crippen molar-refractivity contribution in [2.24, 2.45) is 0 Å². The maximum absolute atomic E-state index is 12.7. The molecule has 5 nitrogen and oxygen atoms in total. The summed E-state index contributed by atoms with van der Waals surface area (Å²) < 4.78 is 38.2. The van der Waals surface area contributed by atoms with E-state index < -0.39 is 23.6 Å². The van der Waals surface area contributed by atoms with E-state index in [9.17, 15) is 23.3 Å². The lowest BCUT2D eigenvalue weighted by atomic mass is 10.1. The molecule has 0 unspecified atom stereocenters. The number of hydrogen-bond acceptors (Lipinski definition) is 5. The third-order valence-corrected chi connectivity index (χ3v) is 4.28. The second-order valence-corrected chi connectivity index (χ2v) is 5.65. The van der Waals surface area contributed by atoms with Crippen molar-refractivity contribution in [3.63, 3.8) is 0 Å². The van der Waals surface area contributed by atoms with Crippen LogP contribution in [0.15, 0.2) is 12.1 Å². The first-order valence-electron chi connectivity index (χ1n) is 6.12. The van der Waals surface area contributed by atoms with Gasteiger partial charge in [-0.15, -0.1) is 0 Å². The lowest BCUT2D eigenvalue weighted by molar-refractivity contribution is -0.380. The van der Waals surface area contributed by atoms with E-state index in [1.807, 2.05) is 0 Å². The normalized spacial score (nSPS) is 18.9. The summed E-state index contributed by atoms with van der Waals surface area (Å²) in [6.45, 7) is 2.27. The Hall–Kier alpha value is -1.19. The van der Waals surface area contributed by atoms with Gasteiger partial charge in [0.15, 0.2) is 0 Å². The minimum absolute atomic E-state index is 0.123. The highest BCUT2D eigenvalue weighted by Gasteiger charge is 2.37. The van der Waals surface area contributed by atoms with Crippen LogP contribution >= 0.6 is 11.3 Å². The molecule has 2 heterocycles. The molecule has 0 saturated carbocycles. The zero-order valence-corrected chi connectivity index (χ0v) is 11.3. The van der Waals surface area contributed by atoms with Crippen LogP contribution in [0, 0.1) is 10.1 Å². The van der Waals surface area contributed by atoms with Gasteiger partial charge in [0.25, 0.3) is 0 Å². The van der Waals surface area contributed by atoms with Crippen molar-refractivity contribution in [3.8, 4) is 0 Å². The van der Waals surface area contributed by atoms with Gasteiger partial charge in [-0.2, -0.15) is 13.2 Å². The summed E-state index contributed by atoms with van der Waals surface area (Å²) in [5, 5.41) is 13.6. The molecule has 1 aliphatic rings. The van der Waals surface area contributed by atoms with Crippen LogP contribution in [0.5, 0.6) is 0 Å². The van der Waals surface area contributed by atoms with Crippen molar-refractivity contribution < 1.29 is 18.1 Å². The second-order valence-electron chi connectivity index (χ2n) is 4.55. The maximum Gasteiger partial charge on any atom is 0.390 e. The smallest absolute Gasteiger partial charge is 0.314 e. The average molecular weight is 309 g/mol. The van der Waals surface area contributed by atoms with Crippen LogP contribution in [0.2, 0.25) is 0 Å². The first-order valence-corrected chi connectivity index (χ1v) is 6.94. The van der Waals surface area contributed by atoms with Crippen molar-refractivity contribution in [1.82, 2.24) is 10.2 Å². The van der Waals surface area contributed by atoms with Crippen LogP contribution in [0.4, 0.5) is 18.2 Å². The van der Waals surface area contributed by atoms with E-state index in [1.165, 1.54) is 12.1 Å². The molecular formula is C11H14F3N3O2S. The first-order chi connectivity index (χ1) is 9.37. The number of piperazine rings is 1. The standard InChI is InChI=1S/C11H14F3N3O2S/c12-11(13,14)7-8(16-5-3-15-4-6-16)9-1-2-10(20-9)17(18)19/h1-2,8,15H,3-7H2/t8-/m0/s1. The van der Waals surface area contributed by atoms with Crippen molar-refractivity contribution in [2.75, 3.05) is 26.2 Å². The molecule has 0 spiro atoms. The van der Waals surface area contributed by atoms with Crippen LogP contribution in [0.3, 0.4) is 0 Å². The molecule has 2 rings (SSSR count). The van der Waals surface area contributed by atoms with Crippen LogP contribution in [0.25, 0.3) is 0 Å². The second kappa shape index (κ2) is 6.06. The molecule has 0 bridgehead atoms. The Morgan fingerprint density at radius 2 is 2.05 bits per heavy atom. The summed E-state index contributed by atoms with van der Waals surface area (Å²) in [7, 11) is 0. The Kier molecular flexibility index (Phi) is 4.61. The molecule has 9 heteroatoms. The average Bonchev–Trinajstić information content (AvgIpc) is 2.85. The van der Waals surface area contributed by atoms with E-state index in [-0.39, 0.29) is 5.00 Å². The fraction of sp³-hybridized carbons (Fsp3) is 0.636. The highest BCUT2D eigenvalue weighted by atomic mass is 32.1. The Balaban J connectivity index is 2.21. The van der Waals surface area contributed by atoms with Gasteiger partial charge in [-0.3, -0.25) is 15.0 Å². The van der Waals surface area contributed by atoms with Crippen LogP contribution < -0.4 is 5.32 Å². The molecule has 0 radical (unpaired) electrons. The highest BCUT2D eigenvalue weighted by molar-refractivity contribution is 7.15. The summed E-state index contributed by atoms with van der Waals surface area (Å²) in [5.41, 5.74) is 0. The maximum atomic E-state index is 12.7. The molecule has 1 fully saturated rings. The highest BCUT2D eigenvalue weighted by Crippen LogP contribution is 2.38. The first kappa shape index (κ1) is 15.2. The van der Waals surface area contributed by atoms with Crippen molar-refractivity contribution in [3.05, 3.63) is 27.1 Å². The zero-order valence-electron chi connectivity index (χ0n) is 10.5. The summed E-state index contributed by atoms with van der Waals surface area (Å²) in [5.74, 6) is 0. The number of rotatable bonds is 4. The molecule has 1 saturated heterocycles. The van der Waals surface area contributed by atoms with Crippen LogP contribution in [-0.2, 0) is 0 Å². The SMILES string of the molecule is O=[N+]([O-])c1ccc([C@H](CC(F)(F)F)N2CCNCC2)s1. The number of hydrogen-bond donors (Lipinski definition) is 1. The molecule has 1 atom stereocenters. The number of nitrogens with one attached hydrogen (secondary N) is 1. The largest absolute Gasteiger partial charge is 0.390 e. The topological polar surface area (TPSA) is 58.4 Å². The summed E-state index contributed by atoms with van der Waals surface area (Å²) >= 11 is 0.822. The van der Waals surface area contributed by atoms with Gasteiger partial charge in [-0.05, 0) is 6.07 Å². The minimum Gasteiger partial charge on any atom is -0.314 e.